The van der Waals surface area contributed by atoms with Crippen LogP contribution in [0.4, 0.5) is 10.2 Å². The second kappa shape index (κ2) is 5.79. The Hall–Kier alpha value is -2.28. The number of benzene rings is 1. The van der Waals surface area contributed by atoms with E-state index in [1.165, 1.54) is 30.3 Å². The van der Waals surface area contributed by atoms with Gasteiger partial charge in [-0.15, -0.1) is 0 Å². The number of hydrogen-bond donors (Lipinski definition) is 2. The number of nitrogens with one attached hydrogen (secondary N) is 1. The predicted octanol–water partition coefficient (Wildman–Crippen LogP) is 2.93. The zero-order chi connectivity index (χ0) is 14.7. The number of carbonyl (C=O) groups is 2. The van der Waals surface area contributed by atoms with Crippen LogP contribution in [0.25, 0.3) is 0 Å². The molecule has 20 heavy (non-hydrogen) atoms. The van der Waals surface area contributed by atoms with Crippen molar-refractivity contribution in [3.05, 3.63) is 57.9 Å². The zero-order valence-electron chi connectivity index (χ0n) is 9.93. The summed E-state index contributed by atoms with van der Waals surface area (Å²) in [7, 11) is 0. The van der Waals surface area contributed by atoms with Gasteiger partial charge in [-0.05, 0) is 46.3 Å². The van der Waals surface area contributed by atoms with Crippen LogP contribution in [0.15, 0.2) is 40.9 Å². The summed E-state index contributed by atoms with van der Waals surface area (Å²) in [6.45, 7) is 0. The van der Waals surface area contributed by atoms with Crippen molar-refractivity contribution in [2.45, 2.75) is 0 Å². The van der Waals surface area contributed by atoms with E-state index in [-0.39, 0.29) is 21.5 Å². The minimum atomic E-state index is -1.20. The molecule has 0 spiro atoms. The summed E-state index contributed by atoms with van der Waals surface area (Å²) in [5.74, 6) is -2.26. The third-order valence-corrected chi connectivity index (χ3v) is 3.03. The third kappa shape index (κ3) is 3.18. The molecule has 1 amide bonds. The van der Waals surface area contributed by atoms with Crippen LogP contribution < -0.4 is 5.32 Å². The molecule has 2 aromatic rings. The molecule has 0 fully saturated rings. The van der Waals surface area contributed by atoms with E-state index in [2.05, 4.69) is 26.2 Å². The van der Waals surface area contributed by atoms with Crippen LogP contribution in [-0.4, -0.2) is 22.0 Å². The smallest absolute Gasteiger partial charge is 0.354 e. The van der Waals surface area contributed by atoms with Gasteiger partial charge in [0.05, 0.1) is 4.47 Å². The van der Waals surface area contributed by atoms with Gasteiger partial charge in [-0.1, -0.05) is 6.07 Å². The number of carbonyl (C=O) groups excluding carboxylic acids is 1. The predicted molar refractivity (Wildman–Crippen MR) is 73.2 cm³/mol. The first-order chi connectivity index (χ1) is 9.47. The highest BCUT2D eigenvalue weighted by atomic mass is 79.9. The van der Waals surface area contributed by atoms with Crippen molar-refractivity contribution in [1.29, 1.82) is 0 Å². The molecule has 0 unspecified atom stereocenters. The quantitative estimate of drug-likeness (QED) is 0.901. The molecule has 102 valence electrons. The lowest BCUT2D eigenvalue weighted by atomic mass is 10.2. The summed E-state index contributed by atoms with van der Waals surface area (Å²) in [6, 6.07) is 8.11. The van der Waals surface area contributed by atoms with E-state index in [1.807, 2.05) is 0 Å². The largest absolute Gasteiger partial charge is 0.477 e. The second-order valence-electron chi connectivity index (χ2n) is 3.80. The highest BCUT2D eigenvalue weighted by Gasteiger charge is 2.11. The molecule has 7 heteroatoms. The molecule has 1 aromatic heterocycles. The summed E-state index contributed by atoms with van der Waals surface area (Å²) in [5, 5.41) is 11.2. The number of carboxylic acids is 1. The fraction of sp³-hybridized carbons (Fsp3) is 0. The molecule has 1 heterocycles. The van der Waals surface area contributed by atoms with E-state index in [4.69, 9.17) is 5.11 Å². The van der Waals surface area contributed by atoms with E-state index in [0.29, 0.717) is 0 Å². The Morgan fingerprint density at radius 2 is 2.00 bits per heavy atom. The van der Waals surface area contributed by atoms with Crippen LogP contribution in [0.2, 0.25) is 0 Å². The molecule has 0 saturated carbocycles. The van der Waals surface area contributed by atoms with E-state index < -0.39 is 17.7 Å². The Bertz CT molecular complexity index is 691. The van der Waals surface area contributed by atoms with E-state index in [1.54, 1.807) is 0 Å². The third-order valence-electron chi connectivity index (χ3n) is 2.39. The molecule has 0 aliphatic rings. The van der Waals surface area contributed by atoms with Gasteiger partial charge in [0.25, 0.3) is 5.91 Å². The number of nitrogens with zero attached hydrogens (tertiary/aromatic N) is 1. The van der Waals surface area contributed by atoms with Gasteiger partial charge in [0, 0.05) is 5.56 Å². The Kier molecular flexibility index (Phi) is 4.09. The molecular weight excluding hydrogens is 331 g/mol. The van der Waals surface area contributed by atoms with Crippen molar-refractivity contribution in [3.8, 4) is 0 Å². The Morgan fingerprint density at radius 1 is 1.25 bits per heavy atom. The minimum absolute atomic E-state index is 0.0817. The monoisotopic (exact) mass is 338 g/mol. The average molecular weight is 339 g/mol. The number of pyridine rings is 1. The maximum Gasteiger partial charge on any atom is 0.354 e. The Labute approximate surface area is 121 Å². The molecular formula is C13H8BrFN2O3. The summed E-state index contributed by atoms with van der Waals surface area (Å²) >= 11 is 2.99. The first-order valence-corrected chi connectivity index (χ1v) is 6.23. The van der Waals surface area contributed by atoms with Crippen molar-refractivity contribution in [3.63, 3.8) is 0 Å². The van der Waals surface area contributed by atoms with Crippen molar-refractivity contribution < 1.29 is 19.1 Å². The topological polar surface area (TPSA) is 79.3 Å². The standard InChI is InChI=1S/C13H8BrFN2O3/c14-8-5-4-7(6-9(8)15)12(18)17-11-3-1-2-10(16-11)13(19)20/h1-6H,(H,19,20)(H,16,17,18). The SMILES string of the molecule is O=C(Nc1cccc(C(=O)O)n1)c1ccc(Br)c(F)c1. The summed E-state index contributed by atoms with van der Waals surface area (Å²) in [5.41, 5.74) is -0.0852. The van der Waals surface area contributed by atoms with Gasteiger partial charge in [0.1, 0.15) is 11.6 Å². The normalized spacial score (nSPS) is 10.1. The van der Waals surface area contributed by atoms with Gasteiger partial charge < -0.3 is 10.4 Å². The van der Waals surface area contributed by atoms with E-state index in [9.17, 15) is 14.0 Å². The highest BCUT2D eigenvalue weighted by molar-refractivity contribution is 9.10. The fourth-order valence-electron chi connectivity index (χ4n) is 1.45. The number of hydrogen-bond acceptors (Lipinski definition) is 3. The lowest BCUT2D eigenvalue weighted by molar-refractivity contribution is 0.0690. The van der Waals surface area contributed by atoms with Gasteiger partial charge in [-0.2, -0.15) is 0 Å². The number of halogens is 2. The first-order valence-electron chi connectivity index (χ1n) is 5.44. The van der Waals surface area contributed by atoms with Crippen molar-refractivity contribution in [2.75, 3.05) is 5.32 Å². The van der Waals surface area contributed by atoms with Crippen LogP contribution in [0.3, 0.4) is 0 Å². The molecule has 2 N–H and O–H groups in total. The summed E-state index contributed by atoms with van der Waals surface area (Å²) in [6.07, 6.45) is 0. The van der Waals surface area contributed by atoms with E-state index in [0.717, 1.165) is 6.07 Å². The lowest BCUT2D eigenvalue weighted by Crippen LogP contribution is -2.14. The molecule has 0 saturated heterocycles. The minimum Gasteiger partial charge on any atom is -0.477 e. The molecule has 0 radical (unpaired) electrons. The van der Waals surface area contributed by atoms with Gasteiger partial charge in [0.15, 0.2) is 5.69 Å². The van der Waals surface area contributed by atoms with Crippen molar-refractivity contribution >= 4 is 33.6 Å². The van der Waals surface area contributed by atoms with Gasteiger partial charge in [-0.25, -0.2) is 14.2 Å². The maximum absolute atomic E-state index is 13.3. The van der Waals surface area contributed by atoms with Gasteiger partial charge >= 0.3 is 5.97 Å². The van der Waals surface area contributed by atoms with Crippen LogP contribution in [0.1, 0.15) is 20.8 Å². The van der Waals surface area contributed by atoms with Gasteiger partial charge in [0.2, 0.25) is 0 Å². The number of aromatic nitrogens is 1. The highest BCUT2D eigenvalue weighted by Crippen LogP contribution is 2.17. The summed E-state index contributed by atoms with van der Waals surface area (Å²) in [4.78, 5) is 26.4. The molecule has 0 bridgehead atoms. The van der Waals surface area contributed by atoms with Crippen molar-refractivity contribution in [1.82, 2.24) is 4.98 Å². The first kappa shape index (κ1) is 14.1. The van der Waals surface area contributed by atoms with Crippen LogP contribution in [0, 0.1) is 5.82 Å². The summed E-state index contributed by atoms with van der Waals surface area (Å²) < 4.78 is 13.6. The van der Waals surface area contributed by atoms with Gasteiger partial charge in [-0.3, -0.25) is 4.79 Å². The number of carboxylic acid groups (broad SMARTS) is 1. The molecule has 0 aliphatic carbocycles. The number of rotatable bonds is 3. The molecule has 0 atom stereocenters. The molecule has 5 nitrogen and oxygen atoms in total. The van der Waals surface area contributed by atoms with Crippen LogP contribution >= 0.6 is 15.9 Å². The molecule has 2 rings (SSSR count). The molecule has 1 aromatic carbocycles. The lowest BCUT2D eigenvalue weighted by Gasteiger charge is -2.05. The number of amides is 1. The van der Waals surface area contributed by atoms with E-state index >= 15 is 0 Å². The second-order valence-corrected chi connectivity index (χ2v) is 4.65. The van der Waals surface area contributed by atoms with Crippen LogP contribution in [0.5, 0.6) is 0 Å². The number of anilines is 1. The molecule has 0 aliphatic heterocycles. The Morgan fingerprint density at radius 3 is 2.65 bits per heavy atom. The Balaban J connectivity index is 2.21. The zero-order valence-corrected chi connectivity index (χ0v) is 11.5. The van der Waals surface area contributed by atoms with Crippen molar-refractivity contribution in [2.24, 2.45) is 0 Å². The average Bonchev–Trinajstić information content (AvgIpc) is 2.42. The number of aromatic carboxylic acids is 1. The maximum atomic E-state index is 13.3. The fourth-order valence-corrected chi connectivity index (χ4v) is 1.70. The van der Waals surface area contributed by atoms with Crippen LogP contribution in [-0.2, 0) is 0 Å².